The van der Waals surface area contributed by atoms with Crippen LogP contribution in [-0.2, 0) is 10.0 Å². The first-order valence-electron chi connectivity index (χ1n) is 7.05. The molecular weight excluding hydrogens is 322 g/mol. The number of aryl methyl sites for hydroxylation is 1. The van der Waals surface area contributed by atoms with E-state index >= 15 is 0 Å². The monoisotopic (exact) mass is 339 g/mol. The van der Waals surface area contributed by atoms with Gasteiger partial charge in [-0.05, 0) is 31.9 Å². The van der Waals surface area contributed by atoms with Crippen LogP contribution >= 0.6 is 11.3 Å². The average molecular weight is 339 g/mol. The summed E-state index contributed by atoms with van der Waals surface area (Å²) < 4.78 is 32.9. The molecule has 3 rings (SSSR count). The van der Waals surface area contributed by atoms with Crippen LogP contribution in [-0.4, -0.2) is 41.9 Å². The lowest BCUT2D eigenvalue weighted by Gasteiger charge is -2.31. The zero-order valence-electron chi connectivity index (χ0n) is 12.2. The van der Waals surface area contributed by atoms with Crippen molar-refractivity contribution in [1.29, 1.82) is 0 Å². The van der Waals surface area contributed by atoms with Gasteiger partial charge in [0.05, 0.1) is 12.7 Å². The Morgan fingerprint density at radius 2 is 2.23 bits per heavy atom. The summed E-state index contributed by atoms with van der Waals surface area (Å²) in [4.78, 5) is 9.01. The van der Waals surface area contributed by atoms with Crippen molar-refractivity contribution in [1.82, 2.24) is 14.3 Å². The van der Waals surface area contributed by atoms with Gasteiger partial charge in [-0.3, -0.25) is 4.98 Å². The third kappa shape index (κ3) is 3.29. The third-order valence-electron chi connectivity index (χ3n) is 3.48. The van der Waals surface area contributed by atoms with Gasteiger partial charge >= 0.3 is 0 Å². The minimum atomic E-state index is -3.43. The van der Waals surface area contributed by atoms with Crippen molar-refractivity contribution in [2.45, 2.75) is 30.1 Å². The van der Waals surface area contributed by atoms with Crippen LogP contribution in [0.3, 0.4) is 0 Å². The number of sulfonamides is 1. The van der Waals surface area contributed by atoms with Crippen molar-refractivity contribution in [3.05, 3.63) is 35.6 Å². The number of ether oxygens (including phenoxy) is 1. The maximum atomic E-state index is 12.7. The number of nitrogens with zero attached hydrogens (tertiary/aromatic N) is 3. The van der Waals surface area contributed by atoms with E-state index in [1.807, 2.05) is 13.0 Å². The number of aromatic nitrogens is 2. The summed E-state index contributed by atoms with van der Waals surface area (Å²) in [5, 5.41) is 0. The second-order valence-corrected chi connectivity index (χ2v) is 8.61. The molecular formula is C14H17N3O3S2. The second kappa shape index (κ2) is 6.31. The van der Waals surface area contributed by atoms with Gasteiger partial charge in [0.2, 0.25) is 5.88 Å². The highest BCUT2D eigenvalue weighted by Crippen LogP contribution is 2.27. The van der Waals surface area contributed by atoms with E-state index in [0.717, 1.165) is 17.7 Å². The van der Waals surface area contributed by atoms with Gasteiger partial charge in [0, 0.05) is 23.8 Å². The topological polar surface area (TPSA) is 72.4 Å². The first kappa shape index (κ1) is 15.4. The molecule has 0 aromatic carbocycles. The van der Waals surface area contributed by atoms with Gasteiger partial charge in [-0.2, -0.15) is 4.31 Å². The van der Waals surface area contributed by atoms with E-state index in [0.29, 0.717) is 23.2 Å². The minimum absolute atomic E-state index is 0.193. The van der Waals surface area contributed by atoms with E-state index in [4.69, 9.17) is 4.74 Å². The molecule has 0 spiro atoms. The maximum absolute atomic E-state index is 12.7. The van der Waals surface area contributed by atoms with Crippen molar-refractivity contribution < 1.29 is 13.2 Å². The average Bonchev–Trinajstić information content (AvgIpc) is 2.96. The molecule has 1 fully saturated rings. The first-order valence-corrected chi connectivity index (χ1v) is 9.30. The van der Waals surface area contributed by atoms with Crippen LogP contribution < -0.4 is 4.74 Å². The normalized spacial score (nSPS) is 20.0. The summed E-state index contributed by atoms with van der Waals surface area (Å²) >= 11 is 1.30. The quantitative estimate of drug-likeness (QED) is 0.853. The van der Waals surface area contributed by atoms with Gasteiger partial charge in [-0.15, -0.1) is 11.3 Å². The highest BCUT2D eigenvalue weighted by Gasteiger charge is 2.32. The minimum Gasteiger partial charge on any atom is -0.472 e. The molecule has 0 amide bonds. The lowest BCUT2D eigenvalue weighted by Crippen LogP contribution is -2.44. The summed E-state index contributed by atoms with van der Waals surface area (Å²) in [6, 6.07) is 3.50. The Morgan fingerprint density at radius 3 is 2.91 bits per heavy atom. The maximum Gasteiger partial charge on any atom is 0.252 e. The van der Waals surface area contributed by atoms with Gasteiger partial charge in [-0.25, -0.2) is 13.4 Å². The van der Waals surface area contributed by atoms with Crippen LogP contribution in [0.5, 0.6) is 5.88 Å². The second-order valence-electron chi connectivity index (χ2n) is 5.15. The zero-order valence-corrected chi connectivity index (χ0v) is 13.8. The van der Waals surface area contributed by atoms with Crippen LogP contribution in [0.4, 0.5) is 0 Å². The number of piperidine rings is 1. The lowest BCUT2D eigenvalue weighted by molar-refractivity contribution is 0.124. The molecule has 2 aromatic heterocycles. The molecule has 0 N–H and O–H groups in total. The summed E-state index contributed by atoms with van der Waals surface area (Å²) in [5.74, 6) is 0.429. The molecule has 0 unspecified atom stereocenters. The molecule has 3 heterocycles. The van der Waals surface area contributed by atoms with Crippen molar-refractivity contribution in [2.24, 2.45) is 0 Å². The van der Waals surface area contributed by atoms with Crippen molar-refractivity contribution >= 4 is 21.4 Å². The van der Waals surface area contributed by atoms with Crippen LogP contribution in [0, 0.1) is 6.92 Å². The van der Waals surface area contributed by atoms with Crippen molar-refractivity contribution in [2.75, 3.05) is 13.1 Å². The van der Waals surface area contributed by atoms with E-state index in [-0.39, 0.29) is 6.10 Å². The highest BCUT2D eigenvalue weighted by atomic mass is 32.2. The van der Waals surface area contributed by atoms with Gasteiger partial charge < -0.3 is 4.74 Å². The molecule has 0 radical (unpaired) electrons. The molecule has 0 bridgehead atoms. The van der Waals surface area contributed by atoms with E-state index < -0.39 is 10.0 Å². The van der Waals surface area contributed by atoms with Gasteiger partial charge in [-0.1, -0.05) is 0 Å². The smallest absolute Gasteiger partial charge is 0.252 e. The Bertz CT molecular complexity index is 731. The molecule has 1 aliphatic heterocycles. The van der Waals surface area contributed by atoms with Gasteiger partial charge in [0.15, 0.2) is 0 Å². The van der Waals surface area contributed by atoms with E-state index in [1.165, 1.54) is 21.8 Å². The molecule has 8 heteroatoms. The molecule has 0 aliphatic carbocycles. The lowest BCUT2D eigenvalue weighted by atomic mass is 10.1. The number of rotatable bonds is 4. The molecule has 1 saturated heterocycles. The van der Waals surface area contributed by atoms with E-state index in [9.17, 15) is 8.42 Å². The molecule has 1 atom stereocenters. The predicted molar refractivity (Wildman–Crippen MR) is 83.5 cm³/mol. The summed E-state index contributed by atoms with van der Waals surface area (Å²) in [6.07, 6.45) is 6.06. The summed E-state index contributed by atoms with van der Waals surface area (Å²) in [5.41, 5.74) is 0. The van der Waals surface area contributed by atoms with Gasteiger partial charge in [0.1, 0.15) is 10.3 Å². The molecule has 6 nitrogen and oxygen atoms in total. The molecule has 1 aliphatic rings. The fraction of sp³-hybridized carbons (Fsp3) is 0.429. The number of hydrogen-bond donors (Lipinski definition) is 0. The molecule has 118 valence electrons. The Morgan fingerprint density at radius 1 is 1.36 bits per heavy atom. The highest BCUT2D eigenvalue weighted by molar-refractivity contribution is 7.91. The van der Waals surface area contributed by atoms with Crippen molar-refractivity contribution in [3.8, 4) is 5.88 Å². The Balaban J connectivity index is 1.73. The number of thiophene rings is 1. The number of hydrogen-bond acceptors (Lipinski definition) is 6. The Labute approximate surface area is 133 Å². The first-order chi connectivity index (χ1) is 10.6. The Kier molecular flexibility index (Phi) is 4.42. The van der Waals surface area contributed by atoms with Crippen LogP contribution in [0.15, 0.2) is 34.9 Å². The van der Waals surface area contributed by atoms with Crippen LogP contribution in [0.1, 0.15) is 17.7 Å². The summed E-state index contributed by atoms with van der Waals surface area (Å²) in [6.45, 7) is 2.77. The zero-order chi connectivity index (χ0) is 15.6. The molecule has 22 heavy (non-hydrogen) atoms. The SMILES string of the molecule is Cc1ccc(S(=O)(=O)N2CCC[C@H](Oc3cnccn3)C2)s1. The molecule has 2 aromatic rings. The molecule has 0 saturated carbocycles. The summed E-state index contributed by atoms with van der Waals surface area (Å²) in [7, 11) is -3.43. The fourth-order valence-corrected chi connectivity index (χ4v) is 5.36. The Hall–Kier alpha value is -1.51. The largest absolute Gasteiger partial charge is 0.472 e. The van der Waals surface area contributed by atoms with Crippen molar-refractivity contribution in [3.63, 3.8) is 0 Å². The van der Waals surface area contributed by atoms with Gasteiger partial charge in [0.25, 0.3) is 10.0 Å². The van der Waals surface area contributed by atoms with E-state index in [2.05, 4.69) is 9.97 Å². The standard InChI is InChI=1S/C14H17N3O3S2/c1-11-4-5-14(21-11)22(18,19)17-8-2-3-12(10-17)20-13-9-15-6-7-16-13/h4-7,9,12H,2-3,8,10H2,1H3/t12-/m0/s1. The third-order valence-corrected chi connectivity index (χ3v) is 6.81. The van der Waals surface area contributed by atoms with Crippen LogP contribution in [0.2, 0.25) is 0 Å². The predicted octanol–water partition coefficient (Wildman–Crippen LogP) is 2.08. The van der Waals surface area contributed by atoms with Crippen LogP contribution in [0.25, 0.3) is 0 Å². The fourth-order valence-electron chi connectivity index (χ4n) is 2.41. The van der Waals surface area contributed by atoms with E-state index in [1.54, 1.807) is 18.5 Å².